The number of benzene rings is 1. The maximum Gasteiger partial charge on any atom is 0.203 e. The van der Waals surface area contributed by atoms with Crippen LogP contribution in [0.25, 0.3) is 11.3 Å². The van der Waals surface area contributed by atoms with E-state index in [2.05, 4.69) is 10.4 Å². The summed E-state index contributed by atoms with van der Waals surface area (Å²) in [6.45, 7) is 0.943. The van der Waals surface area contributed by atoms with Gasteiger partial charge in [-0.25, -0.2) is 0 Å². The minimum absolute atomic E-state index is 0.592. The smallest absolute Gasteiger partial charge is 0.203 e. The summed E-state index contributed by atoms with van der Waals surface area (Å²) in [4.78, 5) is 0. The van der Waals surface area contributed by atoms with Crippen LogP contribution < -0.4 is 19.5 Å². The Kier molecular flexibility index (Phi) is 3.37. The molecule has 3 rings (SSSR count). The van der Waals surface area contributed by atoms with Crippen molar-refractivity contribution in [1.82, 2.24) is 9.78 Å². The molecule has 0 unspecified atom stereocenters. The molecular weight excluding hydrogens is 270 g/mol. The van der Waals surface area contributed by atoms with Gasteiger partial charge >= 0.3 is 0 Å². The van der Waals surface area contributed by atoms with Crippen LogP contribution >= 0.6 is 0 Å². The van der Waals surface area contributed by atoms with Gasteiger partial charge in [0.25, 0.3) is 0 Å². The van der Waals surface area contributed by atoms with Crippen LogP contribution in [-0.4, -0.2) is 37.7 Å². The van der Waals surface area contributed by atoms with Crippen LogP contribution in [0, 0.1) is 0 Å². The van der Waals surface area contributed by atoms with Crippen LogP contribution in [0.4, 0.5) is 5.82 Å². The van der Waals surface area contributed by atoms with Gasteiger partial charge in [0.15, 0.2) is 11.5 Å². The van der Waals surface area contributed by atoms with E-state index in [9.17, 15) is 0 Å². The maximum atomic E-state index is 5.41. The molecule has 1 aromatic carbocycles. The molecule has 0 bridgehead atoms. The predicted octanol–water partition coefficient (Wildman–Crippen LogP) is 2.08. The Morgan fingerprint density at radius 1 is 1.10 bits per heavy atom. The summed E-state index contributed by atoms with van der Waals surface area (Å²) in [5.41, 5.74) is 3.15. The maximum absolute atomic E-state index is 5.41. The number of aromatic nitrogens is 2. The number of hydrogen-bond donors (Lipinski definition) is 1. The van der Waals surface area contributed by atoms with E-state index in [4.69, 9.17) is 14.2 Å². The lowest BCUT2D eigenvalue weighted by Gasteiger charge is -2.13. The average Bonchev–Trinajstić information content (AvgIpc) is 3.10. The highest BCUT2D eigenvalue weighted by Crippen LogP contribution is 2.42. The topological polar surface area (TPSA) is 57.5 Å². The van der Waals surface area contributed by atoms with Crippen molar-refractivity contribution in [3.8, 4) is 28.5 Å². The van der Waals surface area contributed by atoms with Gasteiger partial charge in [-0.05, 0) is 18.6 Å². The van der Waals surface area contributed by atoms with Crippen molar-refractivity contribution in [2.45, 2.75) is 6.42 Å². The second-order valence-electron chi connectivity index (χ2n) is 4.89. The Morgan fingerprint density at radius 2 is 1.76 bits per heavy atom. The lowest BCUT2D eigenvalue weighted by Crippen LogP contribution is -2.01. The Hall–Kier alpha value is -2.37. The van der Waals surface area contributed by atoms with Gasteiger partial charge in [-0.2, -0.15) is 5.10 Å². The molecule has 0 radical (unpaired) electrons. The lowest BCUT2D eigenvalue weighted by molar-refractivity contribution is 0.324. The van der Waals surface area contributed by atoms with Crippen molar-refractivity contribution < 1.29 is 14.2 Å². The van der Waals surface area contributed by atoms with E-state index in [0.717, 1.165) is 30.0 Å². The van der Waals surface area contributed by atoms with Crippen LogP contribution in [-0.2, 0) is 13.5 Å². The second kappa shape index (κ2) is 5.20. The Balaban J connectivity index is 2.17. The van der Waals surface area contributed by atoms with E-state index in [-0.39, 0.29) is 0 Å². The van der Waals surface area contributed by atoms with E-state index in [0.29, 0.717) is 17.2 Å². The highest BCUT2D eigenvalue weighted by Gasteiger charge is 2.23. The summed E-state index contributed by atoms with van der Waals surface area (Å²) in [5.74, 6) is 2.95. The molecule has 1 aromatic heterocycles. The third-order valence-corrected chi connectivity index (χ3v) is 3.75. The minimum atomic E-state index is 0.592. The van der Waals surface area contributed by atoms with Crippen molar-refractivity contribution in [2.24, 2.45) is 7.05 Å². The molecule has 0 saturated heterocycles. The van der Waals surface area contributed by atoms with Gasteiger partial charge in [-0.1, -0.05) is 0 Å². The standard InChI is InChI=1S/C15H19N3O3/c1-18-15-10(5-6-16-15)13(17-18)9-7-11(19-2)14(21-4)12(8-9)20-3/h7-8,16H,5-6H2,1-4H3. The Morgan fingerprint density at radius 3 is 2.33 bits per heavy atom. The van der Waals surface area contributed by atoms with Crippen molar-refractivity contribution in [1.29, 1.82) is 0 Å². The minimum Gasteiger partial charge on any atom is -0.493 e. The number of nitrogens with zero attached hydrogens (tertiary/aromatic N) is 2. The van der Waals surface area contributed by atoms with Crippen LogP contribution in [0.1, 0.15) is 5.56 Å². The molecule has 0 atom stereocenters. The van der Waals surface area contributed by atoms with Crippen LogP contribution in [0.3, 0.4) is 0 Å². The van der Waals surface area contributed by atoms with E-state index in [1.807, 2.05) is 23.9 Å². The van der Waals surface area contributed by atoms with E-state index < -0.39 is 0 Å². The average molecular weight is 289 g/mol. The highest BCUT2D eigenvalue weighted by atomic mass is 16.5. The van der Waals surface area contributed by atoms with Crippen molar-refractivity contribution in [3.05, 3.63) is 17.7 Å². The zero-order valence-electron chi connectivity index (χ0n) is 12.7. The van der Waals surface area contributed by atoms with Crippen LogP contribution in [0.15, 0.2) is 12.1 Å². The molecule has 0 spiro atoms. The van der Waals surface area contributed by atoms with E-state index in [1.54, 1.807) is 21.3 Å². The molecule has 0 saturated carbocycles. The molecule has 0 fully saturated rings. The fourth-order valence-electron chi connectivity index (χ4n) is 2.78. The third-order valence-electron chi connectivity index (χ3n) is 3.75. The summed E-state index contributed by atoms with van der Waals surface area (Å²) in [5, 5.41) is 7.96. The molecular formula is C15H19N3O3. The summed E-state index contributed by atoms with van der Waals surface area (Å²) >= 11 is 0. The Labute approximate surface area is 123 Å². The molecule has 0 aliphatic carbocycles. The lowest BCUT2D eigenvalue weighted by atomic mass is 10.1. The summed E-state index contributed by atoms with van der Waals surface area (Å²) in [6.07, 6.45) is 0.967. The molecule has 21 heavy (non-hydrogen) atoms. The summed E-state index contributed by atoms with van der Waals surface area (Å²) in [7, 11) is 6.78. The van der Waals surface area contributed by atoms with Crippen LogP contribution in [0.5, 0.6) is 17.2 Å². The van der Waals surface area contributed by atoms with Gasteiger partial charge in [0.2, 0.25) is 5.75 Å². The molecule has 1 aliphatic rings. The fraction of sp³-hybridized carbons (Fsp3) is 0.400. The zero-order chi connectivity index (χ0) is 15.0. The van der Waals surface area contributed by atoms with E-state index in [1.165, 1.54) is 5.56 Å². The quantitative estimate of drug-likeness (QED) is 0.934. The molecule has 1 N–H and O–H groups in total. The summed E-state index contributed by atoms with van der Waals surface area (Å²) < 4.78 is 18.1. The third kappa shape index (κ3) is 2.07. The second-order valence-corrected chi connectivity index (χ2v) is 4.89. The first-order valence-corrected chi connectivity index (χ1v) is 6.79. The predicted molar refractivity (Wildman–Crippen MR) is 80.5 cm³/mol. The van der Waals surface area contributed by atoms with Gasteiger partial charge in [0.1, 0.15) is 5.82 Å². The first-order valence-electron chi connectivity index (χ1n) is 6.79. The molecule has 6 heteroatoms. The number of fused-ring (bicyclic) bond motifs is 1. The van der Waals surface area contributed by atoms with Gasteiger partial charge in [0, 0.05) is 24.7 Å². The van der Waals surface area contributed by atoms with Gasteiger partial charge in [0.05, 0.1) is 27.0 Å². The number of rotatable bonds is 4. The van der Waals surface area contributed by atoms with Crippen LogP contribution in [0.2, 0.25) is 0 Å². The van der Waals surface area contributed by atoms with Gasteiger partial charge in [-0.3, -0.25) is 4.68 Å². The number of aryl methyl sites for hydroxylation is 1. The normalized spacial score (nSPS) is 12.8. The SMILES string of the molecule is COc1cc(-c2nn(C)c3c2CCN3)cc(OC)c1OC. The molecule has 0 amide bonds. The Bertz CT molecular complexity index is 654. The molecule has 6 nitrogen and oxygen atoms in total. The number of nitrogens with one attached hydrogen (secondary N) is 1. The van der Waals surface area contributed by atoms with E-state index >= 15 is 0 Å². The number of hydrogen-bond acceptors (Lipinski definition) is 5. The molecule has 2 heterocycles. The number of anilines is 1. The summed E-state index contributed by atoms with van der Waals surface area (Å²) in [6, 6.07) is 3.87. The van der Waals surface area contributed by atoms with Crippen molar-refractivity contribution >= 4 is 5.82 Å². The largest absolute Gasteiger partial charge is 0.493 e. The van der Waals surface area contributed by atoms with Crippen molar-refractivity contribution in [3.63, 3.8) is 0 Å². The monoisotopic (exact) mass is 289 g/mol. The van der Waals surface area contributed by atoms with Gasteiger partial charge in [-0.15, -0.1) is 0 Å². The zero-order valence-corrected chi connectivity index (χ0v) is 12.7. The molecule has 112 valence electrons. The van der Waals surface area contributed by atoms with Gasteiger partial charge < -0.3 is 19.5 Å². The van der Waals surface area contributed by atoms with Crippen molar-refractivity contribution in [2.75, 3.05) is 33.2 Å². The number of ether oxygens (including phenoxy) is 3. The first-order chi connectivity index (χ1) is 10.2. The fourth-order valence-corrected chi connectivity index (χ4v) is 2.78. The molecule has 1 aliphatic heterocycles. The highest BCUT2D eigenvalue weighted by molar-refractivity contribution is 5.75. The first kappa shape index (κ1) is 13.6. The number of methoxy groups -OCH3 is 3. The molecule has 2 aromatic rings.